The van der Waals surface area contributed by atoms with E-state index in [-0.39, 0.29) is 11.9 Å². The zero-order valence-electron chi connectivity index (χ0n) is 12.9. The molecule has 3 aromatic rings. The number of H-pyrrole nitrogens is 1. The summed E-state index contributed by atoms with van der Waals surface area (Å²) in [7, 11) is 0. The molecule has 0 bridgehead atoms. The molecule has 1 fully saturated rings. The first-order valence-electron chi connectivity index (χ1n) is 7.62. The number of carbonyl (C=O) groups is 1. The molecule has 4 N–H and O–H groups in total. The summed E-state index contributed by atoms with van der Waals surface area (Å²) in [6.45, 7) is 1.17. The van der Waals surface area contributed by atoms with Gasteiger partial charge in [0.2, 0.25) is 5.95 Å². The average Bonchev–Trinajstić information content (AvgIpc) is 3.17. The summed E-state index contributed by atoms with van der Waals surface area (Å²) in [6.07, 6.45) is 0. The highest BCUT2D eigenvalue weighted by molar-refractivity contribution is 6.06. The zero-order valence-corrected chi connectivity index (χ0v) is 12.9. The Morgan fingerprint density at radius 3 is 2.62 bits per heavy atom. The molecule has 0 aliphatic carbocycles. The van der Waals surface area contributed by atoms with Crippen molar-refractivity contribution in [3.63, 3.8) is 0 Å². The van der Waals surface area contributed by atoms with Crippen molar-refractivity contribution < 1.29 is 4.79 Å². The lowest BCUT2D eigenvalue weighted by molar-refractivity contribution is 0.255. The number of fused-ring (bicyclic) bond motifs is 1. The molecular weight excluding hydrogens is 304 g/mol. The largest absolute Gasteiger partial charge is 0.384 e. The fourth-order valence-corrected chi connectivity index (χ4v) is 2.87. The summed E-state index contributed by atoms with van der Waals surface area (Å²) in [5.41, 5.74) is 8.50. The Labute approximate surface area is 138 Å². The summed E-state index contributed by atoms with van der Waals surface area (Å²) in [5, 5.41) is 7.51. The van der Waals surface area contributed by atoms with Crippen molar-refractivity contribution in [2.45, 2.75) is 0 Å². The number of benzene rings is 2. The summed E-state index contributed by atoms with van der Waals surface area (Å²) in [4.78, 5) is 23.7. The van der Waals surface area contributed by atoms with Crippen LogP contribution in [0.15, 0.2) is 48.5 Å². The zero-order chi connectivity index (χ0) is 16.7. The molecule has 1 aromatic heterocycles. The van der Waals surface area contributed by atoms with Crippen molar-refractivity contribution >= 4 is 34.5 Å². The number of nitrogen functional groups attached to an aromatic ring is 1. The Morgan fingerprint density at radius 1 is 1.12 bits per heavy atom. The van der Waals surface area contributed by atoms with Crippen molar-refractivity contribution in [2.75, 3.05) is 22.9 Å². The van der Waals surface area contributed by atoms with Gasteiger partial charge >= 0.3 is 6.03 Å². The monoisotopic (exact) mass is 320 g/mol. The first kappa shape index (κ1) is 14.3. The van der Waals surface area contributed by atoms with Crippen LogP contribution >= 0.6 is 0 Å². The number of aromatic amines is 1. The molecule has 24 heavy (non-hydrogen) atoms. The minimum Gasteiger partial charge on any atom is -0.384 e. The van der Waals surface area contributed by atoms with Crippen LogP contribution in [0.3, 0.4) is 0 Å². The van der Waals surface area contributed by atoms with Crippen molar-refractivity contribution in [1.82, 2.24) is 9.97 Å². The maximum absolute atomic E-state index is 12.7. The first-order valence-corrected chi connectivity index (χ1v) is 7.62. The average molecular weight is 320 g/mol. The van der Waals surface area contributed by atoms with Crippen LogP contribution in [-0.2, 0) is 0 Å². The summed E-state index contributed by atoms with van der Waals surface area (Å²) in [5.74, 6) is 0.509. The second kappa shape index (κ2) is 5.38. The van der Waals surface area contributed by atoms with Crippen LogP contribution in [0.5, 0.6) is 0 Å². The topological polar surface area (TPSA) is 102 Å². The lowest BCUT2D eigenvalue weighted by atomic mass is 10.2. The number of rotatable bonds is 3. The molecule has 2 aromatic carbocycles. The molecule has 1 saturated heterocycles. The van der Waals surface area contributed by atoms with Crippen LogP contribution in [0.1, 0.15) is 5.56 Å². The second-order valence-corrected chi connectivity index (χ2v) is 5.63. The van der Waals surface area contributed by atoms with Crippen molar-refractivity contribution in [3.8, 4) is 0 Å². The third-order valence-corrected chi connectivity index (χ3v) is 4.11. The molecule has 0 unspecified atom stereocenters. The number of anilines is 2. The number of imidazole rings is 1. The van der Waals surface area contributed by atoms with E-state index in [1.54, 1.807) is 28.0 Å². The number of urea groups is 1. The van der Waals surface area contributed by atoms with E-state index in [1.807, 2.05) is 30.3 Å². The van der Waals surface area contributed by atoms with Gasteiger partial charge in [0.1, 0.15) is 5.84 Å². The molecule has 1 aliphatic rings. The van der Waals surface area contributed by atoms with Gasteiger partial charge in [-0.3, -0.25) is 15.2 Å². The van der Waals surface area contributed by atoms with Crippen LogP contribution in [-0.4, -0.2) is 34.9 Å². The van der Waals surface area contributed by atoms with Gasteiger partial charge in [-0.2, -0.15) is 0 Å². The Hall–Kier alpha value is -3.35. The van der Waals surface area contributed by atoms with Gasteiger partial charge < -0.3 is 10.7 Å². The number of carbonyl (C=O) groups excluding carboxylic acids is 1. The van der Waals surface area contributed by atoms with Gasteiger partial charge in [0.15, 0.2) is 0 Å². The predicted molar refractivity (Wildman–Crippen MR) is 93.6 cm³/mol. The van der Waals surface area contributed by atoms with Gasteiger partial charge in [-0.1, -0.05) is 18.2 Å². The molecular formula is C17H16N6O. The lowest BCUT2D eigenvalue weighted by Crippen LogP contribution is -2.32. The first-order chi connectivity index (χ1) is 11.6. The molecule has 120 valence electrons. The molecule has 1 aliphatic heterocycles. The highest BCUT2D eigenvalue weighted by Gasteiger charge is 2.32. The van der Waals surface area contributed by atoms with Gasteiger partial charge in [-0.05, 0) is 30.3 Å². The van der Waals surface area contributed by atoms with E-state index in [0.717, 1.165) is 16.7 Å². The molecule has 2 heterocycles. The quantitative estimate of drug-likeness (QED) is 0.509. The number of nitrogens with zero attached hydrogens (tertiary/aromatic N) is 3. The SMILES string of the molecule is N=C(N)c1ccc2nc(N3CCN(c4ccccc4)C3=O)[nH]c2c1. The number of nitrogens with one attached hydrogen (secondary N) is 2. The van der Waals surface area contributed by atoms with Crippen molar-refractivity contribution in [2.24, 2.45) is 5.73 Å². The number of amidine groups is 1. The normalized spacial score (nSPS) is 14.6. The van der Waals surface area contributed by atoms with E-state index >= 15 is 0 Å². The van der Waals surface area contributed by atoms with Crippen molar-refractivity contribution in [1.29, 1.82) is 5.41 Å². The predicted octanol–water partition coefficient (Wildman–Crippen LogP) is 2.29. The Balaban J connectivity index is 1.66. The molecule has 4 rings (SSSR count). The van der Waals surface area contributed by atoms with Crippen LogP contribution in [0.4, 0.5) is 16.4 Å². The summed E-state index contributed by atoms with van der Waals surface area (Å²) >= 11 is 0. The highest BCUT2D eigenvalue weighted by Crippen LogP contribution is 2.25. The van der Waals surface area contributed by atoms with Crippen LogP contribution in [0.2, 0.25) is 0 Å². The number of hydrogen-bond donors (Lipinski definition) is 3. The molecule has 0 saturated carbocycles. The van der Waals surface area contributed by atoms with Gasteiger partial charge in [-0.15, -0.1) is 0 Å². The number of para-hydroxylation sites is 1. The van der Waals surface area contributed by atoms with E-state index in [1.165, 1.54) is 0 Å². The fourth-order valence-electron chi connectivity index (χ4n) is 2.87. The van der Waals surface area contributed by atoms with E-state index in [4.69, 9.17) is 11.1 Å². The Morgan fingerprint density at radius 2 is 1.88 bits per heavy atom. The van der Waals surface area contributed by atoms with E-state index in [2.05, 4.69) is 9.97 Å². The van der Waals surface area contributed by atoms with Gasteiger partial charge in [-0.25, -0.2) is 9.78 Å². The molecule has 7 heteroatoms. The fraction of sp³-hybridized carbons (Fsp3) is 0.118. The molecule has 0 atom stereocenters. The standard InChI is InChI=1S/C17H16N6O/c18-15(19)11-6-7-13-14(10-11)21-16(20-13)23-9-8-22(17(23)24)12-4-2-1-3-5-12/h1-7,10H,8-9H2,(H3,18,19)(H,20,21). The third-order valence-electron chi connectivity index (χ3n) is 4.11. The molecule has 2 amide bonds. The third kappa shape index (κ3) is 2.26. The molecule has 0 spiro atoms. The number of nitrogens with two attached hydrogens (primary N) is 1. The highest BCUT2D eigenvalue weighted by atomic mass is 16.2. The van der Waals surface area contributed by atoms with Gasteiger partial charge in [0.25, 0.3) is 0 Å². The van der Waals surface area contributed by atoms with Crippen LogP contribution in [0, 0.1) is 5.41 Å². The Bertz CT molecular complexity index is 933. The number of amides is 2. The minimum atomic E-state index is -0.105. The number of hydrogen-bond acceptors (Lipinski definition) is 3. The van der Waals surface area contributed by atoms with Crippen LogP contribution < -0.4 is 15.5 Å². The van der Waals surface area contributed by atoms with Crippen LogP contribution in [0.25, 0.3) is 11.0 Å². The molecule has 7 nitrogen and oxygen atoms in total. The summed E-state index contributed by atoms with van der Waals surface area (Å²) in [6, 6.07) is 14.8. The maximum atomic E-state index is 12.7. The van der Waals surface area contributed by atoms with E-state index < -0.39 is 0 Å². The smallest absolute Gasteiger partial charge is 0.331 e. The summed E-state index contributed by atoms with van der Waals surface area (Å²) < 4.78 is 0. The van der Waals surface area contributed by atoms with Gasteiger partial charge in [0.05, 0.1) is 11.0 Å². The Kier molecular flexibility index (Phi) is 3.19. The lowest BCUT2D eigenvalue weighted by Gasteiger charge is -2.16. The van der Waals surface area contributed by atoms with E-state index in [9.17, 15) is 4.79 Å². The van der Waals surface area contributed by atoms with Gasteiger partial charge in [0, 0.05) is 24.3 Å². The molecule has 0 radical (unpaired) electrons. The van der Waals surface area contributed by atoms with E-state index in [0.29, 0.717) is 24.6 Å². The van der Waals surface area contributed by atoms with Crippen molar-refractivity contribution in [3.05, 3.63) is 54.1 Å². The maximum Gasteiger partial charge on any atom is 0.331 e. The number of aromatic nitrogens is 2. The minimum absolute atomic E-state index is 0.000511. The second-order valence-electron chi connectivity index (χ2n) is 5.63.